The zero-order chi connectivity index (χ0) is 17.2. The molecule has 5 nitrogen and oxygen atoms in total. The smallest absolute Gasteiger partial charge is 0.329 e. The number of hydrogen-bond acceptors (Lipinski definition) is 3. The van der Waals surface area contributed by atoms with Crippen LogP contribution in [0.3, 0.4) is 0 Å². The topological polar surface area (TPSA) is 51.0 Å². The minimum absolute atomic E-state index is 0.0684. The first-order chi connectivity index (χ1) is 10.7. The first-order valence-corrected chi connectivity index (χ1v) is 7.38. The van der Waals surface area contributed by atoms with E-state index in [4.69, 9.17) is 0 Å². The lowest BCUT2D eigenvalue weighted by Crippen LogP contribution is -2.39. The summed E-state index contributed by atoms with van der Waals surface area (Å²) in [6.45, 7) is 2.44. The molecule has 0 atom stereocenters. The lowest BCUT2D eigenvalue weighted by atomic mass is 10.1. The summed E-state index contributed by atoms with van der Waals surface area (Å²) in [5.74, 6) is -0.659. The average Bonchev–Trinajstić information content (AvgIpc) is 2.76. The van der Waals surface area contributed by atoms with E-state index in [1.807, 2.05) is 6.92 Å². The van der Waals surface area contributed by atoms with Crippen LogP contribution >= 0.6 is 0 Å². The lowest BCUT2D eigenvalue weighted by Gasteiger charge is -2.23. The summed E-state index contributed by atoms with van der Waals surface area (Å²) in [5.41, 5.74) is 1.42. The maximum atomic E-state index is 12.7. The molecular weight excluding hydrogens is 309 g/mol. The Morgan fingerprint density at radius 2 is 2.09 bits per heavy atom. The van der Waals surface area contributed by atoms with Crippen LogP contribution in [0.1, 0.15) is 35.8 Å². The molecule has 0 fully saturated rings. The van der Waals surface area contributed by atoms with Gasteiger partial charge in [-0.15, -0.1) is 0 Å². The van der Waals surface area contributed by atoms with Crippen molar-refractivity contribution in [3.63, 3.8) is 0 Å². The molecule has 0 saturated heterocycles. The normalized spacial score (nSPS) is 11.9. The molecule has 0 N–H and O–H groups in total. The molecule has 2 rings (SSSR count). The van der Waals surface area contributed by atoms with Crippen molar-refractivity contribution < 1.29 is 18.0 Å². The molecule has 0 aliphatic rings. The number of rotatable bonds is 5. The predicted molar refractivity (Wildman–Crippen MR) is 80.1 cm³/mol. The average molecular weight is 328 g/mol. The Balaban J connectivity index is 2.33. The van der Waals surface area contributed by atoms with Gasteiger partial charge in [0.15, 0.2) is 5.65 Å². The highest BCUT2D eigenvalue weighted by molar-refractivity contribution is 5.97. The van der Waals surface area contributed by atoms with Crippen LogP contribution in [0.25, 0.3) is 11.0 Å². The molecule has 0 spiro atoms. The van der Waals surface area contributed by atoms with Gasteiger partial charge in [0.05, 0.1) is 11.3 Å². The van der Waals surface area contributed by atoms with Crippen LogP contribution in [-0.2, 0) is 7.05 Å². The number of alkyl halides is 3. The number of halogens is 3. The Labute approximate surface area is 132 Å². The zero-order valence-electron chi connectivity index (χ0n) is 13.3. The van der Waals surface area contributed by atoms with Crippen molar-refractivity contribution in [1.29, 1.82) is 0 Å². The number of aromatic nitrogens is 3. The van der Waals surface area contributed by atoms with Crippen LogP contribution in [0.2, 0.25) is 0 Å². The number of carbonyl (C=O) groups is 1. The van der Waals surface area contributed by atoms with Crippen molar-refractivity contribution in [2.75, 3.05) is 13.1 Å². The lowest BCUT2D eigenvalue weighted by molar-refractivity contribution is -0.140. The van der Waals surface area contributed by atoms with Crippen LogP contribution in [0.5, 0.6) is 0 Å². The molecule has 2 aromatic heterocycles. The van der Waals surface area contributed by atoms with Gasteiger partial charge in [0.25, 0.3) is 5.91 Å². The van der Waals surface area contributed by atoms with Gasteiger partial charge in [-0.05, 0) is 19.4 Å². The monoisotopic (exact) mass is 328 g/mol. The summed E-state index contributed by atoms with van der Waals surface area (Å²) >= 11 is 0. The van der Waals surface area contributed by atoms with E-state index < -0.39 is 18.6 Å². The number of aryl methyl sites for hydroxylation is 2. The van der Waals surface area contributed by atoms with Gasteiger partial charge >= 0.3 is 6.18 Å². The van der Waals surface area contributed by atoms with Gasteiger partial charge in [-0.25, -0.2) is 4.98 Å². The number of hydrogen-bond donors (Lipinski definition) is 0. The molecule has 0 bridgehead atoms. The zero-order valence-corrected chi connectivity index (χ0v) is 13.3. The van der Waals surface area contributed by atoms with Crippen molar-refractivity contribution in [2.45, 2.75) is 32.9 Å². The third-order valence-corrected chi connectivity index (χ3v) is 3.55. The van der Waals surface area contributed by atoms with E-state index >= 15 is 0 Å². The van der Waals surface area contributed by atoms with Gasteiger partial charge in [-0.2, -0.15) is 18.3 Å². The molecule has 2 heterocycles. The van der Waals surface area contributed by atoms with Gasteiger partial charge in [0.1, 0.15) is 6.54 Å². The van der Waals surface area contributed by atoms with E-state index in [1.54, 1.807) is 24.7 Å². The standard InChI is InChI=1S/C15H19F3N4O/c1-4-5-6-22(9-15(16,17)18)14(23)11-7-12-10(2)20-21(3)13(12)19-8-11/h7-8H,4-6,9H2,1-3H3. The fourth-order valence-electron chi connectivity index (χ4n) is 2.43. The summed E-state index contributed by atoms with van der Waals surface area (Å²) in [5, 5.41) is 4.86. The Morgan fingerprint density at radius 1 is 1.39 bits per heavy atom. The van der Waals surface area contributed by atoms with E-state index in [0.717, 1.165) is 4.90 Å². The Kier molecular flexibility index (Phi) is 4.91. The molecule has 8 heteroatoms. The molecule has 23 heavy (non-hydrogen) atoms. The number of pyridine rings is 1. The maximum absolute atomic E-state index is 12.7. The molecule has 0 unspecified atom stereocenters. The summed E-state index contributed by atoms with van der Waals surface area (Å²) in [6, 6.07) is 1.56. The van der Waals surface area contributed by atoms with Gasteiger partial charge < -0.3 is 4.90 Å². The highest BCUT2D eigenvalue weighted by Crippen LogP contribution is 2.21. The van der Waals surface area contributed by atoms with Crippen LogP contribution in [-0.4, -0.2) is 44.8 Å². The minimum Gasteiger partial charge on any atom is -0.329 e. The highest BCUT2D eigenvalue weighted by atomic mass is 19.4. The molecule has 0 aromatic carbocycles. The van der Waals surface area contributed by atoms with Gasteiger partial charge in [-0.3, -0.25) is 9.48 Å². The SMILES string of the molecule is CCCCN(CC(F)(F)F)C(=O)c1cnc2c(c1)c(C)nn2C. The molecule has 0 radical (unpaired) electrons. The third-order valence-electron chi connectivity index (χ3n) is 3.55. The molecule has 0 saturated carbocycles. The maximum Gasteiger partial charge on any atom is 0.406 e. The summed E-state index contributed by atoms with van der Waals surface area (Å²) in [6.07, 6.45) is -1.89. The van der Waals surface area contributed by atoms with Crippen molar-refractivity contribution in [1.82, 2.24) is 19.7 Å². The van der Waals surface area contributed by atoms with E-state index in [-0.39, 0.29) is 12.1 Å². The first kappa shape index (κ1) is 17.2. The fourth-order valence-corrected chi connectivity index (χ4v) is 2.43. The van der Waals surface area contributed by atoms with E-state index in [2.05, 4.69) is 10.1 Å². The minimum atomic E-state index is -4.43. The largest absolute Gasteiger partial charge is 0.406 e. The molecule has 1 amide bonds. The molecule has 126 valence electrons. The van der Waals surface area contributed by atoms with Crippen LogP contribution in [0, 0.1) is 6.92 Å². The Morgan fingerprint density at radius 3 is 2.70 bits per heavy atom. The van der Waals surface area contributed by atoms with Crippen molar-refractivity contribution >= 4 is 16.9 Å². The van der Waals surface area contributed by atoms with E-state index in [9.17, 15) is 18.0 Å². The van der Waals surface area contributed by atoms with Crippen LogP contribution in [0.15, 0.2) is 12.3 Å². The molecule has 0 aliphatic carbocycles. The second kappa shape index (κ2) is 6.55. The van der Waals surface area contributed by atoms with Crippen molar-refractivity contribution in [3.8, 4) is 0 Å². The fraction of sp³-hybridized carbons (Fsp3) is 0.533. The van der Waals surface area contributed by atoms with Gasteiger partial charge in [-0.1, -0.05) is 13.3 Å². The summed E-state index contributed by atoms with van der Waals surface area (Å²) in [4.78, 5) is 17.4. The van der Waals surface area contributed by atoms with Crippen LogP contribution in [0.4, 0.5) is 13.2 Å². The number of fused-ring (bicyclic) bond motifs is 1. The van der Waals surface area contributed by atoms with Crippen molar-refractivity contribution in [2.24, 2.45) is 7.05 Å². The number of nitrogens with zero attached hydrogens (tertiary/aromatic N) is 4. The van der Waals surface area contributed by atoms with E-state index in [0.29, 0.717) is 29.6 Å². The predicted octanol–water partition coefficient (Wildman–Crippen LogP) is 3.08. The molecule has 2 aromatic rings. The van der Waals surface area contributed by atoms with Gasteiger partial charge in [0.2, 0.25) is 0 Å². The Hall–Kier alpha value is -2.12. The number of unbranched alkanes of at least 4 members (excludes halogenated alkanes) is 1. The first-order valence-electron chi connectivity index (χ1n) is 7.38. The number of amides is 1. The third kappa shape index (κ3) is 4.00. The number of carbonyl (C=O) groups excluding carboxylic acids is 1. The molecular formula is C15H19F3N4O. The summed E-state index contributed by atoms with van der Waals surface area (Å²) < 4.78 is 39.7. The second-order valence-electron chi connectivity index (χ2n) is 5.50. The van der Waals surface area contributed by atoms with E-state index in [1.165, 1.54) is 6.20 Å². The second-order valence-corrected chi connectivity index (χ2v) is 5.50. The summed E-state index contributed by atoms with van der Waals surface area (Å²) in [7, 11) is 1.72. The quantitative estimate of drug-likeness (QED) is 0.847. The highest BCUT2D eigenvalue weighted by Gasteiger charge is 2.33. The molecule has 0 aliphatic heterocycles. The Bertz CT molecular complexity index is 709. The van der Waals surface area contributed by atoms with Crippen molar-refractivity contribution in [3.05, 3.63) is 23.5 Å². The van der Waals surface area contributed by atoms with Crippen LogP contribution < -0.4 is 0 Å². The van der Waals surface area contributed by atoms with Gasteiger partial charge in [0, 0.05) is 25.2 Å².